The molecular formula is C13H18N2O. The SMILES string of the molecule is CC(C)C(=O)NN1CCCc2ccccc21. The maximum absolute atomic E-state index is 11.7. The van der Waals surface area contributed by atoms with Crippen LogP contribution in [0, 0.1) is 5.92 Å². The highest BCUT2D eigenvalue weighted by molar-refractivity contribution is 5.80. The van der Waals surface area contributed by atoms with Crippen molar-refractivity contribution in [2.45, 2.75) is 26.7 Å². The third-order valence-corrected chi connectivity index (χ3v) is 2.88. The van der Waals surface area contributed by atoms with Gasteiger partial charge in [0.25, 0.3) is 0 Å². The number of hydrazine groups is 1. The third-order valence-electron chi connectivity index (χ3n) is 2.88. The highest BCUT2D eigenvalue weighted by atomic mass is 16.2. The van der Waals surface area contributed by atoms with E-state index in [0.717, 1.165) is 25.1 Å². The van der Waals surface area contributed by atoms with E-state index in [1.165, 1.54) is 5.56 Å². The fourth-order valence-electron chi connectivity index (χ4n) is 1.91. The fourth-order valence-corrected chi connectivity index (χ4v) is 1.91. The first-order chi connectivity index (χ1) is 7.68. The number of carbonyl (C=O) groups is 1. The highest BCUT2D eigenvalue weighted by Crippen LogP contribution is 2.25. The molecule has 1 aromatic carbocycles. The zero-order valence-corrected chi connectivity index (χ0v) is 9.86. The maximum atomic E-state index is 11.7. The molecule has 1 aromatic rings. The number of anilines is 1. The van der Waals surface area contributed by atoms with E-state index < -0.39 is 0 Å². The number of hydrogen-bond acceptors (Lipinski definition) is 2. The Morgan fingerprint density at radius 2 is 2.12 bits per heavy atom. The van der Waals surface area contributed by atoms with Gasteiger partial charge in [0.1, 0.15) is 0 Å². The summed E-state index contributed by atoms with van der Waals surface area (Å²) < 4.78 is 0. The van der Waals surface area contributed by atoms with Crippen LogP contribution >= 0.6 is 0 Å². The lowest BCUT2D eigenvalue weighted by Crippen LogP contribution is -2.46. The number of carbonyl (C=O) groups excluding carboxylic acids is 1. The molecule has 1 amide bonds. The van der Waals surface area contributed by atoms with E-state index in [2.05, 4.69) is 17.6 Å². The van der Waals surface area contributed by atoms with Crippen molar-refractivity contribution in [3.63, 3.8) is 0 Å². The summed E-state index contributed by atoms with van der Waals surface area (Å²) in [4.78, 5) is 11.7. The van der Waals surface area contributed by atoms with Crippen LogP contribution in [0.4, 0.5) is 5.69 Å². The van der Waals surface area contributed by atoms with Crippen LogP contribution in [-0.2, 0) is 11.2 Å². The number of para-hydroxylation sites is 1. The maximum Gasteiger partial charge on any atom is 0.241 e. The molecule has 0 radical (unpaired) electrons. The molecule has 3 nitrogen and oxygen atoms in total. The average molecular weight is 218 g/mol. The second-order valence-electron chi connectivity index (χ2n) is 4.51. The zero-order valence-electron chi connectivity index (χ0n) is 9.86. The van der Waals surface area contributed by atoms with Gasteiger partial charge in [0, 0.05) is 12.5 Å². The van der Waals surface area contributed by atoms with E-state index >= 15 is 0 Å². The minimum absolute atomic E-state index is 0.0223. The Bertz CT molecular complexity index is 387. The first kappa shape index (κ1) is 11.0. The van der Waals surface area contributed by atoms with E-state index in [9.17, 15) is 4.79 Å². The van der Waals surface area contributed by atoms with Gasteiger partial charge in [0.05, 0.1) is 5.69 Å². The average Bonchev–Trinajstić information content (AvgIpc) is 2.29. The second-order valence-corrected chi connectivity index (χ2v) is 4.51. The monoisotopic (exact) mass is 218 g/mol. The molecule has 0 aliphatic carbocycles. The largest absolute Gasteiger partial charge is 0.285 e. The Labute approximate surface area is 96.4 Å². The number of hydrogen-bond donors (Lipinski definition) is 1. The van der Waals surface area contributed by atoms with Crippen LogP contribution in [0.15, 0.2) is 24.3 Å². The number of amides is 1. The Balaban J connectivity index is 2.16. The quantitative estimate of drug-likeness (QED) is 0.824. The fraction of sp³-hybridized carbons (Fsp3) is 0.462. The highest BCUT2D eigenvalue weighted by Gasteiger charge is 2.18. The van der Waals surface area contributed by atoms with Gasteiger partial charge in [-0.1, -0.05) is 32.0 Å². The summed E-state index contributed by atoms with van der Waals surface area (Å²) >= 11 is 0. The van der Waals surface area contributed by atoms with E-state index in [4.69, 9.17) is 0 Å². The number of benzene rings is 1. The van der Waals surface area contributed by atoms with Gasteiger partial charge in [0.15, 0.2) is 0 Å². The Morgan fingerprint density at radius 1 is 1.38 bits per heavy atom. The summed E-state index contributed by atoms with van der Waals surface area (Å²) in [5.74, 6) is 0.103. The number of rotatable bonds is 2. The van der Waals surface area contributed by atoms with Crippen LogP contribution in [-0.4, -0.2) is 12.5 Å². The Kier molecular flexibility index (Phi) is 3.13. The second kappa shape index (κ2) is 4.56. The minimum atomic E-state index is 0.0223. The van der Waals surface area contributed by atoms with Crippen LogP contribution in [0.3, 0.4) is 0 Å². The van der Waals surface area contributed by atoms with Crippen LogP contribution in [0.1, 0.15) is 25.8 Å². The Hall–Kier alpha value is -1.51. The molecular weight excluding hydrogens is 200 g/mol. The topological polar surface area (TPSA) is 32.3 Å². The molecule has 0 bridgehead atoms. The number of aryl methyl sites for hydroxylation is 1. The molecule has 0 saturated carbocycles. The van der Waals surface area contributed by atoms with Gasteiger partial charge in [0.2, 0.25) is 5.91 Å². The summed E-state index contributed by atoms with van der Waals surface area (Å²) in [5.41, 5.74) is 5.43. The van der Waals surface area contributed by atoms with Crippen molar-refractivity contribution in [1.29, 1.82) is 0 Å². The van der Waals surface area contributed by atoms with Crippen LogP contribution in [0.5, 0.6) is 0 Å². The van der Waals surface area contributed by atoms with Gasteiger partial charge >= 0.3 is 0 Å². The van der Waals surface area contributed by atoms with E-state index in [1.54, 1.807) is 0 Å². The van der Waals surface area contributed by atoms with Crippen molar-refractivity contribution >= 4 is 11.6 Å². The summed E-state index contributed by atoms with van der Waals surface area (Å²) in [7, 11) is 0. The van der Waals surface area contributed by atoms with Gasteiger partial charge < -0.3 is 0 Å². The van der Waals surface area contributed by atoms with E-state index in [-0.39, 0.29) is 11.8 Å². The lowest BCUT2D eigenvalue weighted by Gasteiger charge is -2.31. The molecule has 1 aliphatic heterocycles. The Morgan fingerprint density at radius 3 is 2.88 bits per heavy atom. The predicted octanol–water partition coefficient (Wildman–Crippen LogP) is 2.13. The molecule has 1 aliphatic rings. The minimum Gasteiger partial charge on any atom is -0.285 e. The van der Waals surface area contributed by atoms with Gasteiger partial charge in [-0.15, -0.1) is 0 Å². The van der Waals surface area contributed by atoms with Crippen LogP contribution in [0.25, 0.3) is 0 Å². The predicted molar refractivity (Wildman–Crippen MR) is 65.1 cm³/mol. The smallest absolute Gasteiger partial charge is 0.241 e. The van der Waals surface area contributed by atoms with Crippen LogP contribution < -0.4 is 10.4 Å². The summed E-state index contributed by atoms with van der Waals surface area (Å²) in [5, 5.41) is 1.97. The molecule has 0 unspecified atom stereocenters. The normalized spacial score (nSPS) is 14.8. The number of nitrogens with one attached hydrogen (secondary N) is 1. The van der Waals surface area contributed by atoms with Crippen molar-refractivity contribution in [2.24, 2.45) is 5.92 Å². The number of fused-ring (bicyclic) bond motifs is 1. The molecule has 0 spiro atoms. The lowest BCUT2D eigenvalue weighted by atomic mass is 10.0. The molecule has 1 N–H and O–H groups in total. The lowest BCUT2D eigenvalue weighted by molar-refractivity contribution is -0.124. The van der Waals surface area contributed by atoms with Crippen molar-refractivity contribution in [3.05, 3.63) is 29.8 Å². The van der Waals surface area contributed by atoms with Crippen molar-refractivity contribution < 1.29 is 4.79 Å². The zero-order chi connectivity index (χ0) is 11.5. The molecule has 0 aromatic heterocycles. The molecule has 0 atom stereocenters. The molecule has 16 heavy (non-hydrogen) atoms. The van der Waals surface area contributed by atoms with Crippen molar-refractivity contribution in [2.75, 3.05) is 11.6 Å². The third kappa shape index (κ3) is 2.18. The molecule has 3 heteroatoms. The molecule has 86 valence electrons. The standard InChI is InChI=1S/C13H18N2O/c1-10(2)13(16)14-15-9-5-7-11-6-3-4-8-12(11)15/h3-4,6,8,10H,5,7,9H2,1-2H3,(H,14,16). The molecule has 1 heterocycles. The summed E-state index contributed by atoms with van der Waals surface area (Å²) in [6.45, 7) is 4.71. The first-order valence-corrected chi connectivity index (χ1v) is 5.84. The first-order valence-electron chi connectivity index (χ1n) is 5.84. The molecule has 0 fully saturated rings. The van der Waals surface area contributed by atoms with E-state index in [0.29, 0.717) is 0 Å². The van der Waals surface area contributed by atoms with Crippen molar-refractivity contribution in [3.8, 4) is 0 Å². The van der Waals surface area contributed by atoms with Crippen molar-refractivity contribution in [1.82, 2.24) is 5.43 Å². The van der Waals surface area contributed by atoms with Gasteiger partial charge in [-0.05, 0) is 24.5 Å². The van der Waals surface area contributed by atoms with Crippen LogP contribution in [0.2, 0.25) is 0 Å². The van der Waals surface area contributed by atoms with Gasteiger partial charge in [-0.2, -0.15) is 0 Å². The van der Waals surface area contributed by atoms with E-state index in [1.807, 2.05) is 31.0 Å². The van der Waals surface area contributed by atoms with Gasteiger partial charge in [-0.25, -0.2) is 0 Å². The van der Waals surface area contributed by atoms with Gasteiger partial charge in [-0.3, -0.25) is 15.2 Å². The molecule has 0 saturated heterocycles. The number of nitrogens with zero attached hydrogens (tertiary/aromatic N) is 1. The summed E-state index contributed by atoms with van der Waals surface area (Å²) in [6, 6.07) is 8.25. The molecule has 2 rings (SSSR count). The summed E-state index contributed by atoms with van der Waals surface area (Å²) in [6.07, 6.45) is 2.19.